The molecule has 0 saturated carbocycles. The summed E-state index contributed by atoms with van der Waals surface area (Å²) in [4.78, 5) is 36.9. The molecule has 2 N–H and O–H groups in total. The van der Waals surface area contributed by atoms with Gasteiger partial charge in [0.05, 0.1) is 0 Å². The van der Waals surface area contributed by atoms with E-state index < -0.39 is 6.04 Å². The van der Waals surface area contributed by atoms with Gasteiger partial charge in [-0.2, -0.15) is 0 Å². The maximum Gasteiger partial charge on any atom is 0.247 e. The Balaban J connectivity index is 1.91. The van der Waals surface area contributed by atoms with Gasteiger partial charge >= 0.3 is 0 Å². The van der Waals surface area contributed by atoms with Crippen LogP contribution in [0.3, 0.4) is 0 Å². The Kier molecular flexibility index (Phi) is 7.74. The highest BCUT2D eigenvalue weighted by atomic mass is 16.2. The van der Waals surface area contributed by atoms with Crippen LogP contribution in [0.15, 0.2) is 60.7 Å². The Hall–Kier alpha value is -2.95. The first-order valence-corrected chi connectivity index (χ1v) is 9.20. The van der Waals surface area contributed by atoms with Crippen LogP contribution < -0.4 is 10.6 Å². The molecule has 0 aliphatic carbocycles. The van der Waals surface area contributed by atoms with Gasteiger partial charge in [-0.3, -0.25) is 14.4 Å². The lowest BCUT2D eigenvalue weighted by Crippen LogP contribution is -2.42. The lowest BCUT2D eigenvalue weighted by atomic mass is 10.0. The van der Waals surface area contributed by atoms with Crippen LogP contribution in [0.5, 0.6) is 0 Å². The van der Waals surface area contributed by atoms with Crippen LogP contribution in [-0.4, -0.2) is 23.6 Å². The molecule has 27 heavy (non-hydrogen) atoms. The van der Waals surface area contributed by atoms with Crippen molar-refractivity contribution in [2.45, 2.75) is 45.2 Å². The van der Waals surface area contributed by atoms with Crippen LogP contribution in [0.4, 0.5) is 0 Å². The van der Waals surface area contributed by atoms with Crippen molar-refractivity contribution in [2.24, 2.45) is 0 Å². The molecular weight excluding hydrogens is 340 g/mol. The second-order valence-electron chi connectivity index (χ2n) is 6.72. The molecule has 0 spiro atoms. The van der Waals surface area contributed by atoms with E-state index in [1.54, 1.807) is 12.1 Å². The lowest BCUT2D eigenvalue weighted by Gasteiger charge is -2.20. The van der Waals surface area contributed by atoms with Crippen LogP contribution in [0, 0.1) is 0 Å². The molecule has 0 fully saturated rings. The van der Waals surface area contributed by atoms with E-state index in [2.05, 4.69) is 10.6 Å². The third kappa shape index (κ3) is 6.70. The fraction of sp³-hybridized carbons (Fsp3) is 0.318. The summed E-state index contributed by atoms with van der Waals surface area (Å²) in [6.45, 7) is 3.74. The second kappa shape index (κ2) is 10.3. The van der Waals surface area contributed by atoms with Crippen molar-refractivity contribution < 1.29 is 14.4 Å². The number of nitrogens with one attached hydrogen (secondary N) is 2. The summed E-state index contributed by atoms with van der Waals surface area (Å²) in [6, 6.07) is 17.4. The molecule has 0 aromatic heterocycles. The van der Waals surface area contributed by atoms with E-state index in [-0.39, 0.29) is 30.1 Å². The average Bonchev–Trinajstić information content (AvgIpc) is 2.66. The molecule has 2 aromatic carbocycles. The molecular formula is C22H26N2O3. The summed E-state index contributed by atoms with van der Waals surface area (Å²) in [5.74, 6) is -0.478. The minimum absolute atomic E-state index is 0.0144. The quantitative estimate of drug-likeness (QED) is 0.668. The number of carbonyl (C=O) groups is 3. The Morgan fingerprint density at radius 3 is 2.00 bits per heavy atom. The molecule has 0 radical (unpaired) electrons. The van der Waals surface area contributed by atoms with Crippen molar-refractivity contribution in [2.75, 3.05) is 0 Å². The maximum absolute atomic E-state index is 12.5. The maximum atomic E-state index is 12.5. The summed E-state index contributed by atoms with van der Waals surface area (Å²) in [5, 5.41) is 5.62. The van der Waals surface area contributed by atoms with E-state index in [4.69, 9.17) is 0 Å². The fourth-order valence-electron chi connectivity index (χ4n) is 2.72. The number of carbonyl (C=O) groups excluding carboxylic acids is 3. The average molecular weight is 366 g/mol. The van der Waals surface area contributed by atoms with Crippen molar-refractivity contribution in [1.29, 1.82) is 0 Å². The number of hydrogen-bond donors (Lipinski definition) is 2. The number of rotatable bonds is 9. The molecule has 0 saturated heterocycles. The summed E-state index contributed by atoms with van der Waals surface area (Å²) >= 11 is 0. The Labute approximate surface area is 160 Å². The van der Waals surface area contributed by atoms with E-state index in [1.807, 2.05) is 62.4 Å². The van der Waals surface area contributed by atoms with E-state index in [0.717, 1.165) is 5.56 Å². The Bertz CT molecular complexity index is 758. The van der Waals surface area contributed by atoms with Crippen LogP contribution in [0.1, 0.15) is 55.1 Å². The summed E-state index contributed by atoms with van der Waals surface area (Å²) in [6.07, 6.45) is 0.926. The Morgan fingerprint density at radius 1 is 0.815 bits per heavy atom. The molecule has 5 nitrogen and oxygen atoms in total. The number of hydrogen-bond acceptors (Lipinski definition) is 3. The van der Waals surface area contributed by atoms with Gasteiger partial charge in [-0.05, 0) is 25.8 Å². The van der Waals surface area contributed by atoms with E-state index in [9.17, 15) is 14.4 Å². The van der Waals surface area contributed by atoms with Crippen molar-refractivity contribution in [3.8, 4) is 0 Å². The van der Waals surface area contributed by atoms with Crippen LogP contribution in [-0.2, 0) is 9.59 Å². The van der Waals surface area contributed by atoms with Gasteiger partial charge < -0.3 is 10.6 Å². The summed E-state index contributed by atoms with van der Waals surface area (Å²) in [5.41, 5.74) is 1.38. The molecule has 0 heterocycles. The van der Waals surface area contributed by atoms with Crippen LogP contribution >= 0.6 is 0 Å². The van der Waals surface area contributed by atoms with E-state index >= 15 is 0 Å². The predicted molar refractivity (Wildman–Crippen MR) is 105 cm³/mol. The van der Waals surface area contributed by atoms with Gasteiger partial charge in [-0.15, -0.1) is 0 Å². The van der Waals surface area contributed by atoms with E-state index in [1.165, 1.54) is 0 Å². The molecule has 5 heteroatoms. The molecule has 0 aliphatic rings. The largest absolute Gasteiger partial charge is 0.352 e. The third-order valence-electron chi connectivity index (χ3n) is 4.03. The van der Waals surface area contributed by atoms with Crippen molar-refractivity contribution in [3.05, 3.63) is 71.8 Å². The number of Topliss-reactive ketones (excluding diaryl/α,β-unsaturated/α-hetero) is 1. The SMILES string of the molecule is CC(C)NC(=O)[C@@H](NC(=O)CCCC(=O)c1ccccc1)c1ccccc1. The number of amides is 2. The molecule has 2 amide bonds. The molecule has 0 aliphatic heterocycles. The first kappa shape index (κ1) is 20.4. The fourth-order valence-corrected chi connectivity index (χ4v) is 2.72. The molecule has 1 atom stereocenters. The van der Waals surface area contributed by atoms with Gasteiger partial charge in [0.1, 0.15) is 6.04 Å². The highest BCUT2D eigenvalue weighted by Gasteiger charge is 2.23. The summed E-state index contributed by atoms with van der Waals surface area (Å²) < 4.78 is 0. The zero-order valence-electron chi connectivity index (χ0n) is 15.8. The van der Waals surface area contributed by atoms with Crippen molar-refractivity contribution >= 4 is 17.6 Å². The van der Waals surface area contributed by atoms with E-state index in [0.29, 0.717) is 18.4 Å². The topological polar surface area (TPSA) is 75.3 Å². The van der Waals surface area contributed by atoms with Gasteiger partial charge in [0.2, 0.25) is 11.8 Å². The van der Waals surface area contributed by atoms with Crippen molar-refractivity contribution in [1.82, 2.24) is 10.6 Å². The first-order valence-electron chi connectivity index (χ1n) is 9.20. The predicted octanol–water partition coefficient (Wildman–Crippen LogP) is 3.42. The number of benzene rings is 2. The minimum Gasteiger partial charge on any atom is -0.352 e. The molecule has 142 valence electrons. The standard InChI is InChI=1S/C22H26N2O3/c1-16(2)23-22(27)21(18-12-7-4-8-13-18)24-20(26)15-9-14-19(25)17-10-5-3-6-11-17/h3-8,10-13,16,21H,9,14-15H2,1-2H3,(H,23,27)(H,24,26)/t21-/m0/s1. The lowest BCUT2D eigenvalue weighted by molar-refractivity contribution is -0.129. The Morgan fingerprint density at radius 2 is 1.41 bits per heavy atom. The highest BCUT2D eigenvalue weighted by molar-refractivity contribution is 5.96. The van der Waals surface area contributed by atoms with Crippen molar-refractivity contribution in [3.63, 3.8) is 0 Å². The van der Waals surface area contributed by atoms with Gasteiger partial charge in [0.15, 0.2) is 5.78 Å². The molecule has 0 unspecified atom stereocenters. The van der Waals surface area contributed by atoms with Crippen LogP contribution in [0.2, 0.25) is 0 Å². The minimum atomic E-state index is -0.745. The molecule has 0 bridgehead atoms. The number of ketones is 1. The zero-order valence-corrected chi connectivity index (χ0v) is 15.8. The smallest absolute Gasteiger partial charge is 0.247 e. The van der Waals surface area contributed by atoms with Gasteiger partial charge in [-0.25, -0.2) is 0 Å². The zero-order chi connectivity index (χ0) is 19.6. The van der Waals surface area contributed by atoms with Gasteiger partial charge in [0, 0.05) is 24.4 Å². The van der Waals surface area contributed by atoms with Gasteiger partial charge in [-0.1, -0.05) is 60.7 Å². The first-order chi connectivity index (χ1) is 13.0. The monoisotopic (exact) mass is 366 g/mol. The third-order valence-corrected chi connectivity index (χ3v) is 4.03. The summed E-state index contributed by atoms with van der Waals surface area (Å²) in [7, 11) is 0. The van der Waals surface area contributed by atoms with Crippen LogP contribution in [0.25, 0.3) is 0 Å². The second-order valence-corrected chi connectivity index (χ2v) is 6.72. The highest BCUT2D eigenvalue weighted by Crippen LogP contribution is 2.14. The molecule has 2 rings (SSSR count). The van der Waals surface area contributed by atoms with Gasteiger partial charge in [0.25, 0.3) is 0 Å². The normalized spacial score (nSPS) is 11.7. The molecule has 2 aromatic rings.